The fourth-order valence-electron chi connectivity index (χ4n) is 3.29. The minimum Gasteiger partial charge on any atom is -0.323 e. The Balaban J connectivity index is 1.63. The average molecular weight is 369 g/mol. The summed E-state index contributed by atoms with van der Waals surface area (Å²) >= 11 is 0. The summed E-state index contributed by atoms with van der Waals surface area (Å²) in [5.41, 5.74) is 5.78. The van der Waals surface area contributed by atoms with Gasteiger partial charge in [-0.15, -0.1) is 0 Å². The molecule has 4 heteroatoms. The standard InChI is InChI=1S/C24H23N3O/c1-17(2)15-23(28)25-21-9-6-14-27-16-22(26-24(21)27)20-12-10-19(11-13-20)18-7-4-3-5-8-18/h3-14,16-17H,15H2,1-2H3,(H,25,28). The molecule has 0 aliphatic carbocycles. The van der Waals surface area contributed by atoms with Crippen molar-refractivity contribution < 1.29 is 4.79 Å². The van der Waals surface area contributed by atoms with Crippen molar-refractivity contribution in [2.24, 2.45) is 5.92 Å². The zero-order valence-corrected chi connectivity index (χ0v) is 16.1. The molecule has 2 heterocycles. The summed E-state index contributed by atoms with van der Waals surface area (Å²) in [5.74, 6) is 0.332. The molecule has 4 aromatic rings. The number of carbonyl (C=O) groups is 1. The third kappa shape index (κ3) is 3.81. The van der Waals surface area contributed by atoms with E-state index >= 15 is 0 Å². The maximum atomic E-state index is 12.2. The van der Waals surface area contributed by atoms with Gasteiger partial charge in [0.1, 0.15) is 0 Å². The van der Waals surface area contributed by atoms with E-state index in [0.717, 1.165) is 22.6 Å². The van der Waals surface area contributed by atoms with Crippen LogP contribution in [-0.2, 0) is 4.79 Å². The smallest absolute Gasteiger partial charge is 0.224 e. The molecule has 0 saturated heterocycles. The lowest BCUT2D eigenvalue weighted by Gasteiger charge is -2.07. The minimum absolute atomic E-state index is 0.0138. The summed E-state index contributed by atoms with van der Waals surface area (Å²) < 4.78 is 1.95. The van der Waals surface area contributed by atoms with Gasteiger partial charge < -0.3 is 9.72 Å². The number of pyridine rings is 1. The van der Waals surface area contributed by atoms with Crippen molar-refractivity contribution in [1.29, 1.82) is 0 Å². The van der Waals surface area contributed by atoms with Gasteiger partial charge in [-0.05, 0) is 29.2 Å². The second-order valence-corrected chi connectivity index (χ2v) is 7.37. The summed E-state index contributed by atoms with van der Waals surface area (Å²) in [7, 11) is 0. The fourth-order valence-corrected chi connectivity index (χ4v) is 3.29. The van der Waals surface area contributed by atoms with Crippen LogP contribution < -0.4 is 5.32 Å². The van der Waals surface area contributed by atoms with Crippen LogP contribution in [0.3, 0.4) is 0 Å². The maximum absolute atomic E-state index is 12.2. The molecule has 28 heavy (non-hydrogen) atoms. The zero-order chi connectivity index (χ0) is 19.5. The number of amides is 1. The molecule has 1 N–H and O–H groups in total. The Morgan fingerprint density at radius 3 is 2.32 bits per heavy atom. The summed E-state index contributed by atoms with van der Waals surface area (Å²) in [6.45, 7) is 4.07. The van der Waals surface area contributed by atoms with E-state index in [1.54, 1.807) is 0 Å². The van der Waals surface area contributed by atoms with E-state index in [2.05, 4.69) is 41.7 Å². The van der Waals surface area contributed by atoms with Crippen molar-refractivity contribution in [3.8, 4) is 22.4 Å². The molecule has 2 aromatic heterocycles. The number of hydrogen-bond donors (Lipinski definition) is 1. The van der Waals surface area contributed by atoms with E-state index in [9.17, 15) is 4.79 Å². The van der Waals surface area contributed by atoms with Crippen LogP contribution in [0.1, 0.15) is 20.3 Å². The van der Waals surface area contributed by atoms with E-state index < -0.39 is 0 Å². The Morgan fingerprint density at radius 2 is 1.61 bits per heavy atom. The Kier molecular flexibility index (Phi) is 4.94. The second-order valence-electron chi connectivity index (χ2n) is 7.37. The fraction of sp³-hybridized carbons (Fsp3) is 0.167. The predicted octanol–water partition coefficient (Wildman–Crippen LogP) is 5.65. The van der Waals surface area contributed by atoms with Crippen LogP contribution in [0.4, 0.5) is 5.69 Å². The van der Waals surface area contributed by atoms with Gasteiger partial charge in [0, 0.05) is 24.4 Å². The molecular weight excluding hydrogens is 346 g/mol. The molecular formula is C24H23N3O. The Hall–Kier alpha value is -3.40. The average Bonchev–Trinajstić information content (AvgIpc) is 3.14. The van der Waals surface area contributed by atoms with Gasteiger partial charge in [-0.25, -0.2) is 4.98 Å². The second kappa shape index (κ2) is 7.69. The maximum Gasteiger partial charge on any atom is 0.224 e. The molecule has 0 saturated carbocycles. The van der Waals surface area contributed by atoms with E-state index in [1.165, 1.54) is 11.1 Å². The van der Waals surface area contributed by atoms with Gasteiger partial charge in [0.15, 0.2) is 5.65 Å². The molecule has 2 aromatic carbocycles. The summed E-state index contributed by atoms with van der Waals surface area (Å²) in [6.07, 6.45) is 4.43. The number of carbonyl (C=O) groups excluding carboxylic acids is 1. The van der Waals surface area contributed by atoms with Crippen LogP contribution >= 0.6 is 0 Å². The normalized spacial score (nSPS) is 11.1. The number of benzene rings is 2. The van der Waals surface area contributed by atoms with Crippen molar-refractivity contribution in [1.82, 2.24) is 9.38 Å². The van der Waals surface area contributed by atoms with Crippen LogP contribution in [-0.4, -0.2) is 15.3 Å². The number of fused-ring (bicyclic) bond motifs is 1. The van der Waals surface area contributed by atoms with E-state index in [-0.39, 0.29) is 5.91 Å². The third-order valence-corrected chi connectivity index (χ3v) is 4.64. The summed E-state index contributed by atoms with van der Waals surface area (Å²) in [5, 5.41) is 2.99. The number of anilines is 1. The first-order valence-corrected chi connectivity index (χ1v) is 9.53. The first-order chi connectivity index (χ1) is 13.6. The molecule has 4 rings (SSSR count). The number of nitrogens with one attached hydrogen (secondary N) is 1. The van der Waals surface area contributed by atoms with Crippen LogP contribution in [0.15, 0.2) is 79.1 Å². The van der Waals surface area contributed by atoms with Crippen LogP contribution in [0.25, 0.3) is 28.0 Å². The highest BCUT2D eigenvalue weighted by Crippen LogP contribution is 2.26. The largest absolute Gasteiger partial charge is 0.323 e. The van der Waals surface area contributed by atoms with E-state index in [0.29, 0.717) is 12.3 Å². The monoisotopic (exact) mass is 369 g/mol. The van der Waals surface area contributed by atoms with Gasteiger partial charge in [0.25, 0.3) is 0 Å². The van der Waals surface area contributed by atoms with Gasteiger partial charge in [0.05, 0.1) is 11.4 Å². The highest BCUT2D eigenvalue weighted by molar-refractivity contribution is 5.94. The molecule has 0 spiro atoms. The molecule has 0 bridgehead atoms. The SMILES string of the molecule is CC(C)CC(=O)Nc1cccn2cc(-c3ccc(-c4ccccc4)cc3)nc12. The zero-order valence-electron chi connectivity index (χ0n) is 16.1. The van der Waals surface area contributed by atoms with Gasteiger partial charge in [-0.3, -0.25) is 4.79 Å². The van der Waals surface area contributed by atoms with Gasteiger partial charge in [-0.2, -0.15) is 0 Å². The van der Waals surface area contributed by atoms with E-state index in [1.807, 2.05) is 61.0 Å². The van der Waals surface area contributed by atoms with Crippen molar-refractivity contribution in [2.75, 3.05) is 5.32 Å². The predicted molar refractivity (Wildman–Crippen MR) is 114 cm³/mol. The molecule has 0 fully saturated rings. The molecule has 1 amide bonds. The number of rotatable bonds is 5. The lowest BCUT2D eigenvalue weighted by atomic mass is 10.0. The first kappa shape index (κ1) is 18.0. The number of hydrogen-bond acceptors (Lipinski definition) is 2. The van der Waals surface area contributed by atoms with Crippen LogP contribution in [0, 0.1) is 5.92 Å². The minimum atomic E-state index is 0.0138. The molecule has 0 aliphatic heterocycles. The third-order valence-electron chi connectivity index (χ3n) is 4.64. The first-order valence-electron chi connectivity index (χ1n) is 9.53. The molecule has 0 radical (unpaired) electrons. The van der Waals surface area contributed by atoms with Gasteiger partial charge >= 0.3 is 0 Å². The molecule has 4 nitrogen and oxygen atoms in total. The highest BCUT2D eigenvalue weighted by Gasteiger charge is 2.11. The lowest BCUT2D eigenvalue weighted by molar-refractivity contribution is -0.116. The quantitative estimate of drug-likeness (QED) is 0.494. The summed E-state index contributed by atoms with van der Waals surface area (Å²) in [6, 6.07) is 22.5. The number of aromatic nitrogens is 2. The van der Waals surface area contributed by atoms with Crippen LogP contribution in [0.2, 0.25) is 0 Å². The van der Waals surface area contributed by atoms with Gasteiger partial charge in [0.2, 0.25) is 5.91 Å². The number of nitrogens with zero attached hydrogens (tertiary/aromatic N) is 2. The van der Waals surface area contributed by atoms with Crippen LogP contribution in [0.5, 0.6) is 0 Å². The topological polar surface area (TPSA) is 46.4 Å². The Morgan fingerprint density at radius 1 is 0.929 bits per heavy atom. The van der Waals surface area contributed by atoms with Crippen molar-refractivity contribution in [3.05, 3.63) is 79.1 Å². The lowest BCUT2D eigenvalue weighted by Crippen LogP contribution is -2.14. The Labute approximate surface area is 164 Å². The number of imidazole rings is 1. The van der Waals surface area contributed by atoms with Crippen molar-refractivity contribution in [3.63, 3.8) is 0 Å². The highest BCUT2D eigenvalue weighted by atomic mass is 16.1. The summed E-state index contributed by atoms with van der Waals surface area (Å²) in [4.78, 5) is 16.9. The molecule has 0 atom stereocenters. The molecule has 0 aliphatic rings. The Bertz CT molecular complexity index is 1100. The van der Waals surface area contributed by atoms with Gasteiger partial charge in [-0.1, -0.05) is 68.4 Å². The van der Waals surface area contributed by atoms with Crippen molar-refractivity contribution >= 4 is 17.2 Å². The molecule has 140 valence electrons. The van der Waals surface area contributed by atoms with E-state index in [4.69, 9.17) is 4.98 Å². The van der Waals surface area contributed by atoms with Crippen molar-refractivity contribution in [2.45, 2.75) is 20.3 Å². The molecule has 0 unspecified atom stereocenters.